The topological polar surface area (TPSA) is 9.23 Å². The molecule has 1 fully saturated rings. The molecule has 0 aromatic heterocycles. The van der Waals surface area contributed by atoms with E-state index >= 15 is 0 Å². The van der Waals surface area contributed by atoms with Crippen molar-refractivity contribution in [2.45, 2.75) is 58.2 Å². The van der Waals surface area contributed by atoms with Crippen LogP contribution in [-0.4, -0.2) is 14.9 Å². The maximum atomic E-state index is 6.08. The van der Waals surface area contributed by atoms with E-state index in [-0.39, 0.29) is 0 Å². The van der Waals surface area contributed by atoms with Gasteiger partial charge in [-0.3, -0.25) is 0 Å². The zero-order valence-electron chi connectivity index (χ0n) is 9.44. The predicted octanol–water partition coefficient (Wildman–Crippen LogP) is 3.81. The van der Waals surface area contributed by atoms with Crippen molar-refractivity contribution in [1.82, 2.24) is 0 Å². The number of rotatable bonds is 5. The fourth-order valence-corrected chi connectivity index (χ4v) is 5.25. The van der Waals surface area contributed by atoms with Crippen LogP contribution in [0.5, 0.6) is 0 Å². The van der Waals surface area contributed by atoms with E-state index < -0.39 is 8.32 Å². The summed E-state index contributed by atoms with van der Waals surface area (Å²) >= 11 is 0. The summed E-state index contributed by atoms with van der Waals surface area (Å²) in [5, 5.41) is 0. The highest BCUT2D eigenvalue weighted by Crippen LogP contribution is 2.30. The molecule has 0 amide bonds. The van der Waals surface area contributed by atoms with Gasteiger partial charge in [0.1, 0.15) is 0 Å². The van der Waals surface area contributed by atoms with Crippen LogP contribution in [0, 0.1) is 5.92 Å². The van der Waals surface area contributed by atoms with Gasteiger partial charge in [0, 0.05) is 6.61 Å². The molecular formula is C11H24OSi. The lowest BCUT2D eigenvalue weighted by Gasteiger charge is -2.21. The van der Waals surface area contributed by atoms with Gasteiger partial charge in [0.2, 0.25) is 0 Å². The molecule has 0 bridgehead atoms. The Morgan fingerprint density at radius 1 is 1.23 bits per heavy atom. The van der Waals surface area contributed by atoms with Crippen molar-refractivity contribution in [2.24, 2.45) is 5.92 Å². The molecule has 1 heterocycles. The minimum absolute atomic E-state index is 0.835. The minimum Gasteiger partial charge on any atom is -0.417 e. The quantitative estimate of drug-likeness (QED) is 0.484. The van der Waals surface area contributed by atoms with Crippen molar-refractivity contribution in [1.29, 1.82) is 0 Å². The largest absolute Gasteiger partial charge is 0.417 e. The third-order valence-corrected chi connectivity index (χ3v) is 6.76. The lowest BCUT2D eigenvalue weighted by atomic mass is 10.1. The first-order chi connectivity index (χ1) is 6.12. The van der Waals surface area contributed by atoms with Crippen molar-refractivity contribution >= 4 is 8.32 Å². The lowest BCUT2D eigenvalue weighted by Crippen LogP contribution is -2.30. The molecule has 1 aliphatic heterocycles. The Bertz CT molecular complexity index is 139. The molecule has 0 aliphatic carbocycles. The Kier molecular flexibility index (Phi) is 4.46. The molecular weight excluding hydrogens is 176 g/mol. The van der Waals surface area contributed by atoms with E-state index in [4.69, 9.17) is 4.43 Å². The molecule has 0 radical (unpaired) electrons. The second-order valence-electron chi connectivity index (χ2n) is 5.04. The van der Waals surface area contributed by atoms with Crippen molar-refractivity contribution in [3.63, 3.8) is 0 Å². The first-order valence-corrected chi connectivity index (χ1v) is 8.59. The summed E-state index contributed by atoms with van der Waals surface area (Å²) in [6.07, 6.45) is 5.44. The van der Waals surface area contributed by atoms with Crippen LogP contribution in [0.4, 0.5) is 0 Å². The highest BCUT2D eigenvalue weighted by Gasteiger charge is 2.32. The van der Waals surface area contributed by atoms with Gasteiger partial charge < -0.3 is 4.43 Å². The molecule has 0 N–H and O–H groups in total. The average Bonchev–Trinajstić information content (AvgIpc) is 2.47. The summed E-state index contributed by atoms with van der Waals surface area (Å²) in [6.45, 7) is 8.01. The Hall–Kier alpha value is 0.177. The predicted molar refractivity (Wildman–Crippen MR) is 60.5 cm³/mol. The van der Waals surface area contributed by atoms with Gasteiger partial charge in [-0.15, -0.1) is 0 Å². The Labute approximate surface area is 84.0 Å². The zero-order chi connectivity index (χ0) is 9.73. The van der Waals surface area contributed by atoms with E-state index in [9.17, 15) is 0 Å². The molecule has 1 nitrogen and oxygen atoms in total. The van der Waals surface area contributed by atoms with Gasteiger partial charge in [0.05, 0.1) is 0 Å². The average molecular weight is 200 g/mol. The summed E-state index contributed by atoms with van der Waals surface area (Å²) in [5.74, 6) is 0.835. The van der Waals surface area contributed by atoms with Crippen LogP contribution >= 0.6 is 0 Å². The Morgan fingerprint density at radius 3 is 2.38 bits per heavy atom. The molecule has 0 spiro atoms. The smallest absolute Gasteiger partial charge is 0.189 e. The van der Waals surface area contributed by atoms with E-state index in [1.807, 2.05) is 0 Å². The minimum atomic E-state index is -1.16. The summed E-state index contributed by atoms with van der Waals surface area (Å²) < 4.78 is 6.08. The molecule has 0 saturated carbocycles. The molecule has 2 heteroatoms. The van der Waals surface area contributed by atoms with E-state index in [2.05, 4.69) is 20.4 Å². The summed E-state index contributed by atoms with van der Waals surface area (Å²) in [6, 6.07) is 2.82. The second-order valence-corrected chi connectivity index (χ2v) is 9.23. The van der Waals surface area contributed by atoms with E-state index in [0.717, 1.165) is 12.5 Å². The highest BCUT2D eigenvalue weighted by molar-refractivity contribution is 6.73. The highest BCUT2D eigenvalue weighted by atomic mass is 28.4. The van der Waals surface area contributed by atoms with Gasteiger partial charge in [-0.2, -0.15) is 0 Å². The molecule has 13 heavy (non-hydrogen) atoms. The van der Waals surface area contributed by atoms with Crippen molar-refractivity contribution in [2.75, 3.05) is 6.61 Å². The molecule has 1 aliphatic rings. The summed E-state index contributed by atoms with van der Waals surface area (Å²) in [4.78, 5) is 0. The van der Waals surface area contributed by atoms with E-state index in [1.165, 1.54) is 37.8 Å². The van der Waals surface area contributed by atoms with Crippen LogP contribution < -0.4 is 0 Å². The molecule has 0 aromatic rings. The van der Waals surface area contributed by atoms with Gasteiger partial charge in [-0.05, 0) is 37.4 Å². The monoisotopic (exact) mass is 200 g/mol. The molecule has 0 unspecified atom stereocenters. The molecule has 78 valence electrons. The first-order valence-electron chi connectivity index (χ1n) is 5.76. The van der Waals surface area contributed by atoms with Crippen LogP contribution in [0.3, 0.4) is 0 Å². The third-order valence-electron chi connectivity index (χ3n) is 3.04. The standard InChI is InChI=1S/C11H24OSi/c1-11(2)7-6-8-12-13(3)9-4-5-10-13/h11H,4-10H2,1-3H3. The second kappa shape index (κ2) is 5.16. The fraction of sp³-hybridized carbons (Fsp3) is 1.00. The number of hydrogen-bond acceptors (Lipinski definition) is 1. The molecule has 1 saturated heterocycles. The molecule has 0 aromatic carbocycles. The number of hydrogen-bond donors (Lipinski definition) is 0. The van der Waals surface area contributed by atoms with Gasteiger partial charge in [0.25, 0.3) is 0 Å². The Balaban J connectivity index is 2.04. The van der Waals surface area contributed by atoms with E-state index in [0.29, 0.717) is 0 Å². The van der Waals surface area contributed by atoms with Crippen molar-refractivity contribution in [3.8, 4) is 0 Å². The lowest BCUT2D eigenvalue weighted by molar-refractivity contribution is 0.287. The zero-order valence-corrected chi connectivity index (χ0v) is 10.4. The third kappa shape index (κ3) is 4.27. The van der Waals surface area contributed by atoms with E-state index in [1.54, 1.807) is 0 Å². The van der Waals surface area contributed by atoms with Crippen molar-refractivity contribution in [3.05, 3.63) is 0 Å². The maximum Gasteiger partial charge on any atom is 0.189 e. The normalized spacial score (nSPS) is 21.2. The van der Waals surface area contributed by atoms with Crippen LogP contribution in [0.15, 0.2) is 0 Å². The van der Waals surface area contributed by atoms with Crippen LogP contribution in [0.2, 0.25) is 18.6 Å². The van der Waals surface area contributed by atoms with Gasteiger partial charge >= 0.3 is 0 Å². The summed E-state index contributed by atoms with van der Waals surface area (Å²) in [7, 11) is -1.16. The van der Waals surface area contributed by atoms with Crippen LogP contribution in [0.25, 0.3) is 0 Å². The van der Waals surface area contributed by atoms with Crippen LogP contribution in [0.1, 0.15) is 39.5 Å². The SMILES string of the molecule is CC(C)CCCO[Si]1(C)CCCC1. The fourth-order valence-electron chi connectivity index (χ4n) is 2.08. The molecule has 1 rings (SSSR count). The van der Waals surface area contributed by atoms with Gasteiger partial charge in [0.15, 0.2) is 8.32 Å². The van der Waals surface area contributed by atoms with Gasteiger partial charge in [-0.1, -0.05) is 26.7 Å². The first kappa shape index (κ1) is 11.3. The summed E-state index contributed by atoms with van der Waals surface area (Å²) in [5.41, 5.74) is 0. The maximum absolute atomic E-state index is 6.08. The molecule has 0 atom stereocenters. The van der Waals surface area contributed by atoms with Gasteiger partial charge in [-0.25, -0.2) is 0 Å². The Morgan fingerprint density at radius 2 is 1.85 bits per heavy atom. The van der Waals surface area contributed by atoms with Crippen molar-refractivity contribution < 1.29 is 4.43 Å². The van der Waals surface area contributed by atoms with Crippen LogP contribution in [-0.2, 0) is 4.43 Å².